The van der Waals surface area contributed by atoms with Crippen LogP contribution in [0.5, 0.6) is 5.75 Å². The van der Waals surface area contributed by atoms with E-state index < -0.39 is 0 Å². The summed E-state index contributed by atoms with van der Waals surface area (Å²) >= 11 is 3.27. The number of rotatable bonds is 1. The Morgan fingerprint density at radius 2 is 2.15 bits per heavy atom. The molecule has 0 saturated heterocycles. The first-order chi connectivity index (χ1) is 6.00. The highest BCUT2D eigenvalue weighted by Gasteiger charge is 2.05. The number of amides is 1. The maximum absolute atomic E-state index is 10.7. The second-order valence-corrected chi connectivity index (χ2v) is 3.65. The standard InChI is InChI=1S/C9H10BrNO2/c1-5-3-8(11-6(2)12)9(13)4-7(5)10/h3-4,13H,1-2H3,(H,11,12). The van der Waals surface area contributed by atoms with Gasteiger partial charge in [0.15, 0.2) is 0 Å². The van der Waals surface area contributed by atoms with Crippen LogP contribution in [0.1, 0.15) is 12.5 Å². The minimum Gasteiger partial charge on any atom is -0.506 e. The van der Waals surface area contributed by atoms with Gasteiger partial charge in [-0.2, -0.15) is 0 Å². The molecule has 0 atom stereocenters. The van der Waals surface area contributed by atoms with Crippen molar-refractivity contribution in [3.8, 4) is 5.75 Å². The molecule has 1 aromatic carbocycles. The van der Waals surface area contributed by atoms with Crippen LogP contribution < -0.4 is 5.32 Å². The summed E-state index contributed by atoms with van der Waals surface area (Å²) in [7, 11) is 0. The molecule has 4 heteroatoms. The molecule has 1 amide bonds. The molecule has 1 rings (SSSR count). The van der Waals surface area contributed by atoms with Crippen molar-refractivity contribution < 1.29 is 9.90 Å². The van der Waals surface area contributed by atoms with Gasteiger partial charge < -0.3 is 10.4 Å². The van der Waals surface area contributed by atoms with Crippen molar-refractivity contribution in [1.82, 2.24) is 0 Å². The second kappa shape index (κ2) is 3.79. The van der Waals surface area contributed by atoms with Crippen molar-refractivity contribution in [3.63, 3.8) is 0 Å². The number of hydrogen-bond donors (Lipinski definition) is 2. The van der Waals surface area contributed by atoms with Crippen molar-refractivity contribution in [2.75, 3.05) is 5.32 Å². The lowest BCUT2D eigenvalue weighted by Crippen LogP contribution is -2.06. The average Bonchev–Trinajstić information content (AvgIpc) is 1.99. The largest absolute Gasteiger partial charge is 0.506 e. The zero-order chi connectivity index (χ0) is 10.0. The van der Waals surface area contributed by atoms with Gasteiger partial charge in [0.25, 0.3) is 0 Å². The molecule has 0 saturated carbocycles. The van der Waals surface area contributed by atoms with Crippen LogP contribution in [-0.4, -0.2) is 11.0 Å². The van der Waals surface area contributed by atoms with Gasteiger partial charge in [0.05, 0.1) is 5.69 Å². The first kappa shape index (κ1) is 10.1. The Morgan fingerprint density at radius 1 is 1.54 bits per heavy atom. The number of aryl methyl sites for hydroxylation is 1. The molecule has 0 radical (unpaired) electrons. The van der Waals surface area contributed by atoms with E-state index in [1.807, 2.05) is 6.92 Å². The summed E-state index contributed by atoms with van der Waals surface area (Å²) in [6, 6.07) is 3.27. The summed E-state index contributed by atoms with van der Waals surface area (Å²) in [5.41, 5.74) is 1.40. The molecule has 0 fully saturated rings. The molecule has 3 nitrogen and oxygen atoms in total. The van der Waals surface area contributed by atoms with Gasteiger partial charge in [-0.1, -0.05) is 15.9 Å². The molecule has 0 aliphatic carbocycles. The fraction of sp³-hybridized carbons (Fsp3) is 0.222. The topological polar surface area (TPSA) is 49.3 Å². The van der Waals surface area contributed by atoms with Crippen LogP contribution >= 0.6 is 15.9 Å². The van der Waals surface area contributed by atoms with Gasteiger partial charge in [-0.05, 0) is 24.6 Å². The minimum absolute atomic E-state index is 0.0627. The predicted octanol–water partition coefficient (Wildman–Crippen LogP) is 2.42. The number of carbonyl (C=O) groups excluding carboxylic acids is 1. The fourth-order valence-electron chi connectivity index (χ4n) is 0.961. The van der Waals surface area contributed by atoms with Gasteiger partial charge in [0, 0.05) is 11.4 Å². The maximum Gasteiger partial charge on any atom is 0.221 e. The number of phenolic OH excluding ortho intramolecular Hbond substituents is 1. The first-order valence-corrected chi connectivity index (χ1v) is 4.56. The van der Waals surface area contributed by atoms with Gasteiger partial charge in [-0.15, -0.1) is 0 Å². The number of aromatic hydroxyl groups is 1. The smallest absolute Gasteiger partial charge is 0.221 e. The molecule has 0 aromatic heterocycles. The highest BCUT2D eigenvalue weighted by molar-refractivity contribution is 9.10. The van der Waals surface area contributed by atoms with E-state index >= 15 is 0 Å². The van der Waals surface area contributed by atoms with Crippen LogP contribution in [-0.2, 0) is 4.79 Å². The number of phenols is 1. The minimum atomic E-state index is -0.197. The monoisotopic (exact) mass is 243 g/mol. The maximum atomic E-state index is 10.7. The van der Waals surface area contributed by atoms with Crippen molar-refractivity contribution in [3.05, 3.63) is 22.2 Å². The van der Waals surface area contributed by atoms with Crippen LogP contribution in [0.15, 0.2) is 16.6 Å². The third-order valence-electron chi connectivity index (χ3n) is 1.59. The summed E-state index contributed by atoms with van der Waals surface area (Å²) in [6.07, 6.45) is 0. The quantitative estimate of drug-likeness (QED) is 0.745. The second-order valence-electron chi connectivity index (χ2n) is 2.80. The van der Waals surface area contributed by atoms with Gasteiger partial charge >= 0.3 is 0 Å². The number of halogens is 1. The number of nitrogens with one attached hydrogen (secondary N) is 1. The molecule has 0 bridgehead atoms. The Kier molecular flexibility index (Phi) is 2.93. The van der Waals surface area contributed by atoms with Crippen LogP contribution in [0.25, 0.3) is 0 Å². The van der Waals surface area contributed by atoms with E-state index in [1.54, 1.807) is 12.1 Å². The lowest BCUT2D eigenvalue weighted by Gasteiger charge is -2.07. The van der Waals surface area contributed by atoms with Gasteiger partial charge in [0.2, 0.25) is 5.91 Å². The Bertz CT molecular complexity index is 350. The molecule has 0 unspecified atom stereocenters. The lowest BCUT2D eigenvalue weighted by molar-refractivity contribution is -0.114. The van der Waals surface area contributed by atoms with Crippen molar-refractivity contribution in [2.24, 2.45) is 0 Å². The fourth-order valence-corrected chi connectivity index (χ4v) is 1.29. The van der Waals surface area contributed by atoms with Crippen LogP contribution in [0.4, 0.5) is 5.69 Å². The molecule has 13 heavy (non-hydrogen) atoms. The van der Waals surface area contributed by atoms with Crippen LogP contribution in [0.3, 0.4) is 0 Å². The number of hydrogen-bond acceptors (Lipinski definition) is 2. The zero-order valence-electron chi connectivity index (χ0n) is 7.39. The predicted molar refractivity (Wildman–Crippen MR) is 54.8 cm³/mol. The Labute approximate surface area is 84.9 Å². The Balaban J connectivity index is 3.08. The SMILES string of the molecule is CC(=O)Nc1cc(C)c(Br)cc1O. The molecular formula is C9H10BrNO2. The molecule has 1 aromatic rings. The van der Waals surface area contributed by atoms with E-state index in [0.717, 1.165) is 10.0 Å². The lowest BCUT2D eigenvalue weighted by atomic mass is 10.2. The van der Waals surface area contributed by atoms with E-state index in [-0.39, 0.29) is 11.7 Å². The summed E-state index contributed by atoms with van der Waals surface area (Å²) in [4.78, 5) is 10.7. The van der Waals surface area contributed by atoms with Gasteiger partial charge in [-0.25, -0.2) is 0 Å². The van der Waals surface area contributed by atoms with Crippen LogP contribution in [0.2, 0.25) is 0 Å². The highest BCUT2D eigenvalue weighted by atomic mass is 79.9. The van der Waals surface area contributed by atoms with Crippen LogP contribution in [0, 0.1) is 6.92 Å². The highest BCUT2D eigenvalue weighted by Crippen LogP contribution is 2.29. The summed E-state index contributed by atoms with van der Waals surface area (Å²) in [5, 5.41) is 12.0. The molecule has 0 aliphatic heterocycles. The molecule has 2 N–H and O–H groups in total. The molecule has 0 aliphatic rings. The number of carbonyl (C=O) groups is 1. The Hall–Kier alpha value is -1.03. The summed E-state index contributed by atoms with van der Waals surface area (Å²) in [5.74, 6) is -0.135. The van der Waals surface area contributed by atoms with Gasteiger partial charge in [-0.3, -0.25) is 4.79 Å². The third-order valence-corrected chi connectivity index (χ3v) is 2.44. The third kappa shape index (κ3) is 2.45. The van der Waals surface area contributed by atoms with Gasteiger partial charge in [0.1, 0.15) is 5.75 Å². The van der Waals surface area contributed by atoms with E-state index in [0.29, 0.717) is 5.69 Å². The molecule has 70 valence electrons. The van der Waals surface area contributed by atoms with E-state index in [4.69, 9.17) is 0 Å². The Morgan fingerprint density at radius 3 is 2.69 bits per heavy atom. The first-order valence-electron chi connectivity index (χ1n) is 3.77. The van der Waals surface area contributed by atoms with Crippen molar-refractivity contribution in [1.29, 1.82) is 0 Å². The number of anilines is 1. The normalized spacial score (nSPS) is 9.77. The van der Waals surface area contributed by atoms with E-state index in [9.17, 15) is 9.90 Å². The van der Waals surface area contributed by atoms with E-state index in [2.05, 4.69) is 21.2 Å². The average molecular weight is 244 g/mol. The molecular weight excluding hydrogens is 234 g/mol. The summed E-state index contributed by atoms with van der Waals surface area (Å²) in [6.45, 7) is 3.28. The van der Waals surface area contributed by atoms with Crippen molar-refractivity contribution in [2.45, 2.75) is 13.8 Å². The molecule has 0 spiro atoms. The van der Waals surface area contributed by atoms with Crippen molar-refractivity contribution >= 4 is 27.5 Å². The number of benzene rings is 1. The summed E-state index contributed by atoms with van der Waals surface area (Å²) < 4.78 is 0.819. The molecule has 0 heterocycles. The van der Waals surface area contributed by atoms with E-state index in [1.165, 1.54) is 6.92 Å². The zero-order valence-corrected chi connectivity index (χ0v) is 8.97.